The molecule has 0 spiro atoms. The third-order valence-corrected chi connectivity index (χ3v) is 3.65. The van der Waals surface area contributed by atoms with Crippen molar-refractivity contribution in [3.63, 3.8) is 0 Å². The molecule has 0 aromatic carbocycles. The predicted octanol–water partition coefficient (Wildman–Crippen LogP) is 2.04. The van der Waals surface area contributed by atoms with Gasteiger partial charge in [-0.2, -0.15) is 18.3 Å². The molecule has 0 fully saturated rings. The summed E-state index contributed by atoms with van der Waals surface area (Å²) in [6, 6.07) is 5.19. The molecule has 1 unspecified atom stereocenters. The van der Waals surface area contributed by atoms with Gasteiger partial charge in [-0.25, -0.2) is 14.8 Å². The summed E-state index contributed by atoms with van der Waals surface area (Å²) < 4.78 is 40.4. The Morgan fingerprint density at radius 3 is 2.52 bits per heavy atom. The van der Waals surface area contributed by atoms with Crippen molar-refractivity contribution in [2.24, 2.45) is 5.10 Å². The van der Waals surface area contributed by atoms with Crippen LogP contribution in [0.3, 0.4) is 0 Å². The van der Waals surface area contributed by atoms with Crippen molar-refractivity contribution in [2.75, 3.05) is 5.01 Å². The number of halogens is 3. The van der Waals surface area contributed by atoms with Gasteiger partial charge in [-0.3, -0.25) is 4.98 Å². The fourth-order valence-electron chi connectivity index (χ4n) is 2.34. The molecule has 2 aromatic heterocycles. The number of alkyl halides is 3. The molecule has 130 valence electrons. The van der Waals surface area contributed by atoms with Gasteiger partial charge in [0.25, 0.3) is 5.72 Å². The largest absolute Gasteiger partial charge is 0.478 e. The summed E-state index contributed by atoms with van der Waals surface area (Å²) in [5.74, 6) is -1.60. The number of anilines is 1. The molecule has 1 aliphatic heterocycles. The number of hydrogen-bond donors (Lipinski definition) is 2. The van der Waals surface area contributed by atoms with E-state index in [9.17, 15) is 23.1 Å². The van der Waals surface area contributed by atoms with Crippen molar-refractivity contribution in [1.82, 2.24) is 9.97 Å². The quantitative estimate of drug-likeness (QED) is 0.877. The van der Waals surface area contributed by atoms with E-state index in [2.05, 4.69) is 15.1 Å². The van der Waals surface area contributed by atoms with Gasteiger partial charge >= 0.3 is 12.1 Å². The first-order valence-corrected chi connectivity index (χ1v) is 6.99. The van der Waals surface area contributed by atoms with Crippen LogP contribution in [0, 0.1) is 0 Å². The molecule has 0 radical (unpaired) electrons. The molecule has 3 rings (SSSR count). The van der Waals surface area contributed by atoms with Gasteiger partial charge in [0.1, 0.15) is 0 Å². The average molecular weight is 352 g/mol. The van der Waals surface area contributed by atoms with Crippen molar-refractivity contribution >= 4 is 17.5 Å². The zero-order valence-corrected chi connectivity index (χ0v) is 12.5. The van der Waals surface area contributed by atoms with E-state index in [4.69, 9.17) is 5.11 Å². The summed E-state index contributed by atoms with van der Waals surface area (Å²) >= 11 is 0. The van der Waals surface area contributed by atoms with Crippen LogP contribution in [-0.2, 0) is 0 Å². The maximum atomic E-state index is 13.5. The van der Waals surface area contributed by atoms with Crippen molar-refractivity contribution in [3.8, 4) is 0 Å². The summed E-state index contributed by atoms with van der Waals surface area (Å²) in [7, 11) is 0. The highest BCUT2D eigenvalue weighted by Gasteiger charge is 2.62. The highest BCUT2D eigenvalue weighted by Crippen LogP contribution is 2.43. The fraction of sp³-hybridized carbons (Fsp3) is 0.200. The number of nitrogens with zero attached hydrogens (tertiary/aromatic N) is 4. The number of carboxylic acids is 1. The molecule has 0 amide bonds. The van der Waals surface area contributed by atoms with Gasteiger partial charge < -0.3 is 10.2 Å². The lowest BCUT2D eigenvalue weighted by atomic mass is 10.0. The van der Waals surface area contributed by atoms with Crippen molar-refractivity contribution in [3.05, 3.63) is 54.0 Å². The Bertz CT molecular complexity index is 824. The molecule has 25 heavy (non-hydrogen) atoms. The van der Waals surface area contributed by atoms with Gasteiger partial charge in [-0.05, 0) is 18.2 Å². The molecule has 10 heteroatoms. The topological polar surface area (TPSA) is 98.9 Å². The maximum absolute atomic E-state index is 13.5. The fourth-order valence-corrected chi connectivity index (χ4v) is 2.34. The van der Waals surface area contributed by atoms with Gasteiger partial charge in [-0.1, -0.05) is 6.07 Å². The molecule has 0 saturated carbocycles. The number of aromatic carboxylic acids is 1. The predicted molar refractivity (Wildman–Crippen MR) is 80.1 cm³/mol. The van der Waals surface area contributed by atoms with E-state index in [1.165, 1.54) is 24.5 Å². The Labute approximate surface area is 139 Å². The minimum Gasteiger partial charge on any atom is -0.478 e. The molecule has 0 aliphatic carbocycles. The Hall–Kier alpha value is -3.01. The van der Waals surface area contributed by atoms with Crippen LogP contribution < -0.4 is 5.01 Å². The lowest BCUT2D eigenvalue weighted by Gasteiger charge is -2.33. The van der Waals surface area contributed by atoms with E-state index in [-0.39, 0.29) is 17.1 Å². The number of hydrazone groups is 1. The first-order chi connectivity index (χ1) is 11.7. The summed E-state index contributed by atoms with van der Waals surface area (Å²) in [6.07, 6.45) is -2.15. The van der Waals surface area contributed by atoms with Crippen LogP contribution in [-0.4, -0.2) is 43.8 Å². The average Bonchev–Trinajstić information content (AvgIpc) is 2.95. The number of rotatable bonds is 3. The summed E-state index contributed by atoms with van der Waals surface area (Å²) in [5, 5.41) is 23.3. The van der Waals surface area contributed by atoms with Crippen LogP contribution in [0.5, 0.6) is 0 Å². The summed E-state index contributed by atoms with van der Waals surface area (Å²) in [5.41, 5.74) is -3.18. The van der Waals surface area contributed by atoms with Gasteiger partial charge in [0.15, 0.2) is 5.82 Å². The highest BCUT2D eigenvalue weighted by atomic mass is 19.4. The van der Waals surface area contributed by atoms with E-state index in [0.717, 1.165) is 18.3 Å². The minimum atomic E-state index is -5.02. The standard InChI is InChI=1S/C15H11F3N4O3/c16-15(17,18)14(25)6-11(9-2-1-5-19-7-9)21-22(14)12-4-3-10(8-20-12)13(23)24/h1-5,7-8,25H,6H2,(H,23,24). The Morgan fingerprint density at radius 1 is 1.24 bits per heavy atom. The first kappa shape index (κ1) is 16.8. The lowest BCUT2D eigenvalue weighted by Crippen LogP contribution is -2.55. The number of pyridine rings is 2. The van der Waals surface area contributed by atoms with E-state index in [0.29, 0.717) is 10.6 Å². The number of carbonyl (C=O) groups is 1. The Morgan fingerprint density at radius 2 is 2.00 bits per heavy atom. The molecule has 1 aliphatic rings. The zero-order chi connectivity index (χ0) is 18.2. The van der Waals surface area contributed by atoms with Crippen LogP contribution >= 0.6 is 0 Å². The number of carboxylic acid groups (broad SMARTS) is 1. The minimum absolute atomic E-state index is 0.0166. The molecule has 0 bridgehead atoms. The maximum Gasteiger partial charge on any atom is 0.438 e. The second kappa shape index (κ2) is 5.81. The van der Waals surface area contributed by atoms with Gasteiger partial charge in [0, 0.05) is 24.2 Å². The SMILES string of the molecule is O=C(O)c1ccc(N2N=C(c3cccnc3)CC2(O)C(F)(F)F)nc1. The summed E-state index contributed by atoms with van der Waals surface area (Å²) in [6.45, 7) is 0. The molecule has 2 N–H and O–H groups in total. The van der Waals surface area contributed by atoms with Crippen LogP contribution in [0.1, 0.15) is 22.3 Å². The number of hydrogen-bond acceptors (Lipinski definition) is 6. The number of aromatic nitrogens is 2. The van der Waals surface area contributed by atoms with Crippen molar-refractivity contribution in [1.29, 1.82) is 0 Å². The molecule has 1 atom stereocenters. The molecule has 0 saturated heterocycles. The normalized spacial score (nSPS) is 20.5. The van der Waals surface area contributed by atoms with E-state index >= 15 is 0 Å². The van der Waals surface area contributed by atoms with E-state index < -0.39 is 24.3 Å². The Balaban J connectivity index is 2.05. The number of aliphatic hydroxyl groups is 1. The van der Waals surface area contributed by atoms with Crippen LogP contribution in [0.15, 0.2) is 48.0 Å². The van der Waals surface area contributed by atoms with Crippen molar-refractivity contribution < 1.29 is 28.2 Å². The zero-order valence-electron chi connectivity index (χ0n) is 12.5. The third-order valence-electron chi connectivity index (χ3n) is 3.65. The van der Waals surface area contributed by atoms with Crippen LogP contribution in [0.2, 0.25) is 0 Å². The molecular weight excluding hydrogens is 341 g/mol. The highest BCUT2D eigenvalue weighted by molar-refractivity contribution is 6.03. The monoisotopic (exact) mass is 352 g/mol. The molecule has 2 aromatic rings. The van der Waals surface area contributed by atoms with E-state index in [1.54, 1.807) is 0 Å². The van der Waals surface area contributed by atoms with E-state index in [1.807, 2.05) is 0 Å². The second-order valence-corrected chi connectivity index (χ2v) is 5.30. The van der Waals surface area contributed by atoms with Gasteiger partial charge in [0.2, 0.25) is 0 Å². The Kier molecular flexibility index (Phi) is 3.91. The second-order valence-electron chi connectivity index (χ2n) is 5.30. The van der Waals surface area contributed by atoms with Crippen molar-refractivity contribution in [2.45, 2.75) is 18.3 Å². The van der Waals surface area contributed by atoms with Gasteiger partial charge in [-0.15, -0.1) is 0 Å². The third kappa shape index (κ3) is 2.91. The molecular formula is C15H11F3N4O3. The molecule has 3 heterocycles. The van der Waals surface area contributed by atoms with Crippen LogP contribution in [0.25, 0.3) is 0 Å². The first-order valence-electron chi connectivity index (χ1n) is 6.99. The van der Waals surface area contributed by atoms with Crippen LogP contribution in [0.4, 0.5) is 19.0 Å². The summed E-state index contributed by atoms with van der Waals surface area (Å²) in [4.78, 5) is 18.3. The molecule has 7 nitrogen and oxygen atoms in total. The van der Waals surface area contributed by atoms with Gasteiger partial charge in [0.05, 0.1) is 17.7 Å². The smallest absolute Gasteiger partial charge is 0.438 e. The lowest BCUT2D eigenvalue weighted by molar-refractivity contribution is -0.254.